The van der Waals surface area contributed by atoms with Crippen LogP contribution >= 0.6 is 0 Å². The third kappa shape index (κ3) is 5.83. The summed E-state index contributed by atoms with van der Waals surface area (Å²) < 4.78 is 18.0. The fourth-order valence-electron chi connectivity index (χ4n) is 3.41. The van der Waals surface area contributed by atoms with Crippen LogP contribution in [0.25, 0.3) is 0 Å². The van der Waals surface area contributed by atoms with Gasteiger partial charge in [0.15, 0.2) is 6.10 Å². The Bertz CT molecular complexity index is 751. The molecule has 28 heavy (non-hydrogen) atoms. The standard InChI is InChI=1S/C19H23FN2O6/c1-11-7-17(23)15(16(11)10-22(26)27)8-18(24)28-12(2)19(25)21-9-13-3-5-14(20)6-4-13/h3-6,11-12,15-16H,7-10H2,1-2H3,(H,21,25)/t11-,12-,15+,16+/m0/s1. The van der Waals surface area contributed by atoms with E-state index in [4.69, 9.17) is 4.74 Å². The molecule has 1 fully saturated rings. The van der Waals surface area contributed by atoms with E-state index in [1.807, 2.05) is 0 Å². The first-order valence-electron chi connectivity index (χ1n) is 9.03. The van der Waals surface area contributed by atoms with Crippen LogP contribution in [0.5, 0.6) is 0 Å². The van der Waals surface area contributed by atoms with Crippen LogP contribution < -0.4 is 5.32 Å². The molecule has 2 rings (SSSR count). The second-order valence-corrected chi connectivity index (χ2v) is 7.11. The zero-order valence-corrected chi connectivity index (χ0v) is 15.7. The largest absolute Gasteiger partial charge is 0.453 e. The number of hydrogen-bond acceptors (Lipinski definition) is 6. The number of benzene rings is 1. The predicted octanol–water partition coefficient (Wildman–Crippen LogP) is 1.88. The Morgan fingerprint density at radius 1 is 1.36 bits per heavy atom. The smallest absolute Gasteiger partial charge is 0.307 e. The molecule has 0 aromatic heterocycles. The molecule has 152 valence electrons. The molecule has 0 heterocycles. The van der Waals surface area contributed by atoms with Crippen LogP contribution in [0, 0.1) is 33.7 Å². The Labute approximate surface area is 161 Å². The Morgan fingerprint density at radius 2 is 2.00 bits per heavy atom. The van der Waals surface area contributed by atoms with Crippen LogP contribution in [0.1, 0.15) is 32.3 Å². The Kier molecular flexibility index (Phi) is 7.19. The molecule has 1 aromatic carbocycles. The lowest BCUT2D eigenvalue weighted by Crippen LogP contribution is -2.36. The number of carbonyl (C=O) groups excluding carboxylic acids is 3. The summed E-state index contributed by atoms with van der Waals surface area (Å²) in [6.07, 6.45) is -1.17. The molecule has 0 spiro atoms. The molecule has 1 aliphatic carbocycles. The zero-order chi connectivity index (χ0) is 20.8. The highest BCUT2D eigenvalue weighted by Crippen LogP contribution is 2.36. The Balaban J connectivity index is 1.85. The second kappa shape index (κ2) is 9.38. The van der Waals surface area contributed by atoms with Gasteiger partial charge in [0.25, 0.3) is 5.91 Å². The average molecular weight is 394 g/mol. The van der Waals surface area contributed by atoms with E-state index in [-0.39, 0.29) is 43.4 Å². The van der Waals surface area contributed by atoms with Crippen LogP contribution in [0.4, 0.5) is 4.39 Å². The summed E-state index contributed by atoms with van der Waals surface area (Å²) in [5, 5.41) is 13.4. The molecule has 1 N–H and O–H groups in total. The van der Waals surface area contributed by atoms with E-state index >= 15 is 0 Å². The number of nitrogens with zero attached hydrogens (tertiary/aromatic N) is 1. The number of Topliss-reactive ketones (excluding diaryl/α,β-unsaturated/α-hetero) is 1. The van der Waals surface area contributed by atoms with Crippen molar-refractivity contribution in [2.75, 3.05) is 6.54 Å². The Morgan fingerprint density at radius 3 is 2.61 bits per heavy atom. The van der Waals surface area contributed by atoms with Gasteiger partial charge in [0.05, 0.1) is 6.42 Å². The molecule has 0 saturated heterocycles. The number of nitro groups is 1. The molecule has 4 atom stereocenters. The van der Waals surface area contributed by atoms with Gasteiger partial charge in [-0.1, -0.05) is 19.1 Å². The van der Waals surface area contributed by atoms with Crippen molar-refractivity contribution in [1.29, 1.82) is 0 Å². The van der Waals surface area contributed by atoms with Crippen molar-refractivity contribution in [3.8, 4) is 0 Å². The third-order valence-corrected chi connectivity index (χ3v) is 4.99. The minimum absolute atomic E-state index is 0.143. The number of ether oxygens (including phenoxy) is 1. The zero-order valence-electron chi connectivity index (χ0n) is 15.7. The monoisotopic (exact) mass is 394 g/mol. The molecule has 9 heteroatoms. The topological polar surface area (TPSA) is 116 Å². The van der Waals surface area contributed by atoms with Crippen LogP contribution in [-0.4, -0.2) is 35.2 Å². The van der Waals surface area contributed by atoms with E-state index in [9.17, 15) is 28.9 Å². The summed E-state index contributed by atoms with van der Waals surface area (Å²) >= 11 is 0. The van der Waals surface area contributed by atoms with Gasteiger partial charge in [-0.3, -0.25) is 24.5 Å². The highest BCUT2D eigenvalue weighted by molar-refractivity contribution is 5.89. The van der Waals surface area contributed by atoms with Gasteiger partial charge in [-0.15, -0.1) is 0 Å². The molecule has 0 unspecified atom stereocenters. The number of nitrogens with one attached hydrogen (secondary N) is 1. The highest BCUT2D eigenvalue weighted by atomic mass is 19.1. The van der Waals surface area contributed by atoms with Gasteiger partial charge in [0.2, 0.25) is 6.54 Å². The van der Waals surface area contributed by atoms with Crippen molar-refractivity contribution in [1.82, 2.24) is 5.32 Å². The lowest BCUT2D eigenvalue weighted by atomic mass is 9.88. The maximum absolute atomic E-state index is 12.9. The van der Waals surface area contributed by atoms with Gasteiger partial charge in [0, 0.05) is 29.7 Å². The first-order chi connectivity index (χ1) is 13.2. The molecule has 1 aromatic rings. The molecule has 8 nitrogen and oxygen atoms in total. The number of carbonyl (C=O) groups is 3. The van der Waals surface area contributed by atoms with Crippen LogP contribution in [-0.2, 0) is 25.7 Å². The summed E-state index contributed by atoms with van der Waals surface area (Å²) in [5.41, 5.74) is 0.682. The molecule has 0 radical (unpaired) electrons. The van der Waals surface area contributed by atoms with Crippen molar-refractivity contribution in [3.63, 3.8) is 0 Å². The van der Waals surface area contributed by atoms with E-state index in [2.05, 4.69) is 5.32 Å². The third-order valence-electron chi connectivity index (χ3n) is 4.99. The van der Waals surface area contributed by atoms with E-state index in [0.29, 0.717) is 5.56 Å². The van der Waals surface area contributed by atoms with Crippen molar-refractivity contribution < 1.29 is 28.4 Å². The van der Waals surface area contributed by atoms with Gasteiger partial charge in [-0.05, 0) is 30.5 Å². The van der Waals surface area contributed by atoms with E-state index < -0.39 is 34.7 Å². The van der Waals surface area contributed by atoms with Gasteiger partial charge in [0.1, 0.15) is 11.6 Å². The molecule has 1 aliphatic rings. The summed E-state index contributed by atoms with van der Waals surface area (Å²) in [4.78, 5) is 46.6. The number of rotatable bonds is 8. The summed E-state index contributed by atoms with van der Waals surface area (Å²) in [7, 11) is 0. The summed E-state index contributed by atoms with van der Waals surface area (Å²) in [6.45, 7) is 2.91. The molecular formula is C19H23FN2O6. The molecule has 1 saturated carbocycles. The highest BCUT2D eigenvalue weighted by Gasteiger charge is 2.44. The fraction of sp³-hybridized carbons (Fsp3) is 0.526. The van der Waals surface area contributed by atoms with E-state index in [1.165, 1.54) is 31.2 Å². The lowest BCUT2D eigenvalue weighted by molar-refractivity contribution is -0.490. The summed E-state index contributed by atoms with van der Waals surface area (Å²) in [6, 6.07) is 5.58. The lowest BCUT2D eigenvalue weighted by Gasteiger charge is -2.18. The van der Waals surface area contributed by atoms with Gasteiger partial charge in [-0.25, -0.2) is 4.39 Å². The van der Waals surface area contributed by atoms with Crippen molar-refractivity contribution >= 4 is 17.7 Å². The Hall–Kier alpha value is -2.84. The number of esters is 1. The second-order valence-electron chi connectivity index (χ2n) is 7.11. The van der Waals surface area contributed by atoms with Gasteiger partial charge < -0.3 is 10.1 Å². The fourth-order valence-corrected chi connectivity index (χ4v) is 3.41. The van der Waals surface area contributed by atoms with Crippen LogP contribution in [0.2, 0.25) is 0 Å². The molecule has 0 bridgehead atoms. The maximum Gasteiger partial charge on any atom is 0.307 e. The minimum atomic E-state index is -1.09. The first-order valence-corrected chi connectivity index (χ1v) is 9.03. The molecule has 1 amide bonds. The van der Waals surface area contributed by atoms with E-state index in [1.54, 1.807) is 6.92 Å². The minimum Gasteiger partial charge on any atom is -0.453 e. The van der Waals surface area contributed by atoms with Crippen LogP contribution in [0.15, 0.2) is 24.3 Å². The number of hydrogen-bond donors (Lipinski definition) is 1. The predicted molar refractivity (Wildman–Crippen MR) is 96.0 cm³/mol. The number of halogens is 1. The number of ketones is 1. The normalized spacial score (nSPS) is 22.5. The van der Waals surface area contributed by atoms with E-state index in [0.717, 1.165) is 0 Å². The van der Waals surface area contributed by atoms with Crippen molar-refractivity contribution in [3.05, 3.63) is 45.8 Å². The van der Waals surface area contributed by atoms with Crippen molar-refractivity contribution in [2.45, 2.75) is 39.3 Å². The van der Waals surface area contributed by atoms with Gasteiger partial charge in [-0.2, -0.15) is 0 Å². The van der Waals surface area contributed by atoms with Crippen LogP contribution in [0.3, 0.4) is 0 Å². The molecule has 0 aliphatic heterocycles. The quantitative estimate of drug-likeness (QED) is 0.409. The number of amides is 1. The van der Waals surface area contributed by atoms with Crippen molar-refractivity contribution in [2.24, 2.45) is 17.8 Å². The SMILES string of the molecule is C[C@H](OC(=O)C[C@H]1C(=O)C[C@H](C)[C@H]1C[N+](=O)[O-])C(=O)NCc1ccc(F)cc1. The first kappa shape index (κ1) is 21.5. The average Bonchev–Trinajstić information content (AvgIpc) is 2.87. The summed E-state index contributed by atoms with van der Waals surface area (Å²) in [5.74, 6) is -3.31. The maximum atomic E-state index is 12.9. The van der Waals surface area contributed by atoms with Gasteiger partial charge >= 0.3 is 5.97 Å². The molecular weight excluding hydrogens is 371 g/mol.